The monoisotopic (exact) mass is 338 g/mol. The lowest BCUT2D eigenvalue weighted by Gasteiger charge is -2.06. The number of carbonyl (C=O) groups is 2. The minimum Gasteiger partial charge on any atom is -0.465 e. The lowest BCUT2D eigenvalue weighted by molar-refractivity contribution is -0.386. The van der Waals surface area contributed by atoms with Crippen LogP contribution in [0.2, 0.25) is 0 Å². The Labute approximate surface area is 135 Å². The minimum atomic E-state index is -0.544. The van der Waals surface area contributed by atoms with Gasteiger partial charge in [0.1, 0.15) is 22.8 Å². The fourth-order valence-electron chi connectivity index (χ4n) is 2.09. The van der Waals surface area contributed by atoms with E-state index in [0.29, 0.717) is 11.4 Å². The second kappa shape index (κ2) is 6.57. The van der Waals surface area contributed by atoms with Crippen molar-refractivity contribution >= 4 is 34.6 Å². The first kappa shape index (κ1) is 16.6. The van der Waals surface area contributed by atoms with Gasteiger partial charge in [-0.15, -0.1) is 11.3 Å². The lowest BCUT2D eigenvalue weighted by atomic mass is 10.3. The third kappa shape index (κ3) is 3.37. The van der Waals surface area contributed by atoms with Crippen molar-refractivity contribution in [1.29, 1.82) is 0 Å². The molecule has 0 bridgehead atoms. The first-order valence-corrected chi connectivity index (χ1v) is 7.37. The summed E-state index contributed by atoms with van der Waals surface area (Å²) in [6.45, 7) is 2.83. The summed E-state index contributed by atoms with van der Waals surface area (Å²) >= 11 is 1.14. The Morgan fingerprint density at radius 2 is 2.17 bits per heavy atom. The number of aromatic nitrogens is 2. The molecule has 1 amide bonds. The predicted molar refractivity (Wildman–Crippen MR) is 82.6 cm³/mol. The SMILES string of the molecule is COC(=O)c1sccc1NC(=O)Cn1nc(C)c([N+](=O)[O-])c1C. The number of hydrogen-bond acceptors (Lipinski definition) is 7. The number of aryl methyl sites for hydroxylation is 1. The second-order valence-electron chi connectivity index (χ2n) is 4.64. The van der Waals surface area contributed by atoms with Gasteiger partial charge in [-0.25, -0.2) is 4.79 Å². The molecule has 0 saturated carbocycles. The Morgan fingerprint density at radius 3 is 2.74 bits per heavy atom. The van der Waals surface area contributed by atoms with Crippen molar-refractivity contribution in [3.05, 3.63) is 37.8 Å². The number of esters is 1. The van der Waals surface area contributed by atoms with Crippen LogP contribution in [0.4, 0.5) is 11.4 Å². The first-order chi connectivity index (χ1) is 10.8. The molecule has 2 rings (SSSR count). The van der Waals surface area contributed by atoms with Gasteiger partial charge < -0.3 is 10.1 Å². The summed E-state index contributed by atoms with van der Waals surface area (Å²) in [5.41, 5.74) is 0.763. The third-order valence-corrected chi connectivity index (χ3v) is 4.02. The van der Waals surface area contributed by atoms with Crippen LogP contribution in [-0.4, -0.2) is 33.7 Å². The zero-order chi connectivity index (χ0) is 17.1. The lowest BCUT2D eigenvalue weighted by Crippen LogP contribution is -2.21. The van der Waals surface area contributed by atoms with E-state index < -0.39 is 16.8 Å². The van der Waals surface area contributed by atoms with E-state index in [2.05, 4.69) is 15.2 Å². The number of anilines is 1. The molecule has 0 radical (unpaired) electrons. The molecule has 0 aliphatic rings. The number of ether oxygens (including phenoxy) is 1. The van der Waals surface area contributed by atoms with E-state index >= 15 is 0 Å². The molecule has 122 valence electrons. The smallest absolute Gasteiger partial charge is 0.350 e. The van der Waals surface area contributed by atoms with E-state index in [-0.39, 0.29) is 22.8 Å². The molecule has 2 aromatic rings. The van der Waals surface area contributed by atoms with Crippen molar-refractivity contribution in [3.63, 3.8) is 0 Å². The van der Waals surface area contributed by atoms with Crippen LogP contribution in [0.1, 0.15) is 21.1 Å². The van der Waals surface area contributed by atoms with Crippen LogP contribution in [0, 0.1) is 24.0 Å². The molecule has 0 atom stereocenters. The summed E-state index contributed by atoms with van der Waals surface area (Å²) in [4.78, 5) is 34.4. The van der Waals surface area contributed by atoms with Crippen LogP contribution in [0.25, 0.3) is 0 Å². The molecule has 0 aliphatic carbocycles. The maximum absolute atomic E-state index is 12.1. The first-order valence-electron chi connectivity index (χ1n) is 6.49. The fraction of sp³-hybridized carbons (Fsp3) is 0.308. The molecular weight excluding hydrogens is 324 g/mol. The summed E-state index contributed by atoms with van der Waals surface area (Å²) in [5.74, 6) is -0.994. The molecule has 0 unspecified atom stereocenters. The summed E-state index contributed by atoms with van der Waals surface area (Å²) in [6.07, 6.45) is 0. The van der Waals surface area contributed by atoms with E-state index in [0.717, 1.165) is 11.3 Å². The standard InChI is InChI=1S/C13H14N4O5S/c1-7-11(17(20)21)8(2)16(15-7)6-10(18)14-9-4-5-23-12(9)13(19)22-3/h4-5H,6H2,1-3H3,(H,14,18). The Bertz CT molecular complexity index is 779. The number of rotatable bonds is 5. The van der Waals surface area contributed by atoms with Crippen molar-refractivity contribution in [3.8, 4) is 0 Å². The molecule has 9 nitrogen and oxygen atoms in total. The normalized spacial score (nSPS) is 10.4. The average Bonchev–Trinajstić information content (AvgIpc) is 3.03. The molecule has 0 saturated heterocycles. The fourth-order valence-corrected chi connectivity index (χ4v) is 2.86. The van der Waals surface area contributed by atoms with Gasteiger partial charge in [0.2, 0.25) is 5.91 Å². The molecule has 0 aromatic carbocycles. The Morgan fingerprint density at radius 1 is 1.48 bits per heavy atom. The van der Waals surface area contributed by atoms with Gasteiger partial charge in [0.15, 0.2) is 0 Å². The topological polar surface area (TPSA) is 116 Å². The molecule has 2 aromatic heterocycles. The molecular formula is C13H14N4O5S. The van der Waals surface area contributed by atoms with Crippen molar-refractivity contribution in [2.24, 2.45) is 0 Å². The van der Waals surface area contributed by atoms with Gasteiger partial charge in [0.25, 0.3) is 0 Å². The van der Waals surface area contributed by atoms with Gasteiger partial charge in [-0.2, -0.15) is 5.10 Å². The predicted octanol–water partition coefficient (Wildman–Crippen LogP) is 1.89. The van der Waals surface area contributed by atoms with Gasteiger partial charge in [0.05, 0.1) is 17.7 Å². The highest BCUT2D eigenvalue weighted by atomic mass is 32.1. The highest BCUT2D eigenvalue weighted by Crippen LogP contribution is 2.24. The number of amides is 1. The second-order valence-corrected chi connectivity index (χ2v) is 5.55. The van der Waals surface area contributed by atoms with Crippen LogP contribution in [-0.2, 0) is 16.1 Å². The van der Waals surface area contributed by atoms with E-state index in [1.54, 1.807) is 11.4 Å². The number of hydrogen-bond donors (Lipinski definition) is 1. The van der Waals surface area contributed by atoms with Crippen molar-refractivity contribution in [2.45, 2.75) is 20.4 Å². The van der Waals surface area contributed by atoms with Crippen LogP contribution in [0.15, 0.2) is 11.4 Å². The van der Waals surface area contributed by atoms with Gasteiger partial charge in [0, 0.05) is 0 Å². The molecule has 0 fully saturated rings. The summed E-state index contributed by atoms with van der Waals surface area (Å²) < 4.78 is 5.88. The van der Waals surface area contributed by atoms with Crippen molar-refractivity contribution in [2.75, 3.05) is 12.4 Å². The summed E-state index contributed by atoms with van der Waals surface area (Å²) in [5, 5.41) is 19.2. The highest BCUT2D eigenvalue weighted by molar-refractivity contribution is 7.12. The Hall–Kier alpha value is -2.75. The molecule has 10 heteroatoms. The number of thiophene rings is 1. The maximum atomic E-state index is 12.1. The molecule has 0 spiro atoms. The molecule has 1 N–H and O–H groups in total. The summed E-state index contributed by atoms with van der Waals surface area (Å²) in [6, 6.07) is 1.58. The quantitative estimate of drug-likeness (QED) is 0.505. The number of carbonyl (C=O) groups excluding carboxylic acids is 2. The zero-order valence-corrected chi connectivity index (χ0v) is 13.5. The van der Waals surface area contributed by atoms with Crippen LogP contribution >= 0.6 is 11.3 Å². The van der Waals surface area contributed by atoms with Gasteiger partial charge in [-0.1, -0.05) is 0 Å². The summed E-state index contributed by atoms with van der Waals surface area (Å²) in [7, 11) is 1.25. The third-order valence-electron chi connectivity index (χ3n) is 3.13. The largest absolute Gasteiger partial charge is 0.465 e. The minimum absolute atomic E-state index is 0.108. The number of nitrogens with zero attached hydrogens (tertiary/aromatic N) is 3. The zero-order valence-electron chi connectivity index (χ0n) is 12.7. The van der Waals surface area contributed by atoms with Crippen LogP contribution < -0.4 is 5.32 Å². The highest BCUT2D eigenvalue weighted by Gasteiger charge is 2.23. The van der Waals surface area contributed by atoms with Crippen LogP contribution in [0.3, 0.4) is 0 Å². The van der Waals surface area contributed by atoms with E-state index in [4.69, 9.17) is 0 Å². The molecule has 2 heterocycles. The van der Waals surface area contributed by atoms with Crippen molar-refractivity contribution < 1.29 is 19.2 Å². The Kier molecular flexibility index (Phi) is 4.74. The molecule has 23 heavy (non-hydrogen) atoms. The van der Waals surface area contributed by atoms with E-state index in [1.165, 1.54) is 25.6 Å². The number of nitro groups is 1. The average molecular weight is 338 g/mol. The van der Waals surface area contributed by atoms with Gasteiger partial charge >= 0.3 is 11.7 Å². The molecule has 0 aliphatic heterocycles. The van der Waals surface area contributed by atoms with Gasteiger partial charge in [-0.05, 0) is 25.3 Å². The van der Waals surface area contributed by atoms with E-state index in [1.807, 2.05) is 0 Å². The van der Waals surface area contributed by atoms with Crippen molar-refractivity contribution in [1.82, 2.24) is 9.78 Å². The number of methoxy groups -OCH3 is 1. The number of nitrogens with one attached hydrogen (secondary N) is 1. The maximum Gasteiger partial charge on any atom is 0.350 e. The van der Waals surface area contributed by atoms with Gasteiger partial charge in [-0.3, -0.25) is 19.6 Å². The van der Waals surface area contributed by atoms with Crippen LogP contribution in [0.5, 0.6) is 0 Å². The Balaban J connectivity index is 2.15. The van der Waals surface area contributed by atoms with E-state index in [9.17, 15) is 19.7 Å².